The first kappa shape index (κ1) is 29.0. The monoisotopic (exact) mass is 557 g/mol. The molecule has 0 aliphatic heterocycles. The number of ether oxygens (including phenoxy) is 1. The van der Waals surface area contributed by atoms with Crippen LogP contribution in [0.15, 0.2) is 48.5 Å². The van der Waals surface area contributed by atoms with Crippen LogP contribution in [0.3, 0.4) is 0 Å². The number of aromatic nitrogens is 1. The van der Waals surface area contributed by atoms with Crippen LogP contribution in [0, 0.1) is 20.8 Å². The van der Waals surface area contributed by atoms with Gasteiger partial charge >= 0.3 is 5.97 Å². The molecule has 7 nitrogen and oxygen atoms in total. The Morgan fingerprint density at radius 2 is 1.68 bits per heavy atom. The summed E-state index contributed by atoms with van der Waals surface area (Å²) in [6, 6.07) is 15.3. The first-order valence-electron chi connectivity index (χ1n) is 13.5. The maximum absolute atomic E-state index is 13.9. The van der Waals surface area contributed by atoms with E-state index in [9.17, 15) is 14.4 Å². The van der Waals surface area contributed by atoms with Crippen molar-refractivity contribution in [3.8, 4) is 11.3 Å². The number of esters is 1. The van der Waals surface area contributed by atoms with Crippen LogP contribution >= 0.6 is 11.3 Å². The minimum absolute atomic E-state index is 0.182. The van der Waals surface area contributed by atoms with Gasteiger partial charge in [0.05, 0.1) is 33.3 Å². The lowest BCUT2D eigenvalue weighted by Crippen LogP contribution is -2.30. The van der Waals surface area contributed by atoms with Crippen molar-refractivity contribution in [2.45, 2.75) is 54.6 Å². The van der Waals surface area contributed by atoms with Gasteiger partial charge in [0.25, 0.3) is 11.8 Å². The number of nitrogens with one attached hydrogen (secondary N) is 1. The molecule has 2 amide bonds. The summed E-state index contributed by atoms with van der Waals surface area (Å²) >= 11 is 1.10. The number of carbonyl (C=O) groups excluding carboxylic acids is 3. The number of rotatable bonds is 8. The van der Waals surface area contributed by atoms with E-state index in [1.54, 1.807) is 31.7 Å². The van der Waals surface area contributed by atoms with E-state index in [-0.39, 0.29) is 22.6 Å². The highest BCUT2D eigenvalue weighted by molar-refractivity contribution is 7.18. The van der Waals surface area contributed by atoms with E-state index in [4.69, 9.17) is 9.72 Å². The number of anilines is 1. The SMILES string of the molecule is CCN(CC)C(=O)c1sc(NC(=O)c2cc(-c3ccc(C)c(C)c3)nc3ccccc23)c(C(=O)OC(C)C)c1C. The number of amides is 2. The zero-order valence-corrected chi connectivity index (χ0v) is 24.9. The fourth-order valence-electron chi connectivity index (χ4n) is 4.56. The number of carbonyl (C=O) groups is 3. The Bertz CT molecular complexity index is 1600. The van der Waals surface area contributed by atoms with Crippen LogP contribution in [-0.4, -0.2) is 46.9 Å². The number of pyridine rings is 1. The van der Waals surface area contributed by atoms with E-state index in [1.807, 2.05) is 57.2 Å². The topological polar surface area (TPSA) is 88.6 Å². The van der Waals surface area contributed by atoms with Crippen molar-refractivity contribution in [2.75, 3.05) is 18.4 Å². The average Bonchev–Trinajstić information content (AvgIpc) is 3.25. The highest BCUT2D eigenvalue weighted by Crippen LogP contribution is 2.36. The third kappa shape index (κ3) is 5.77. The molecule has 0 saturated heterocycles. The molecule has 40 heavy (non-hydrogen) atoms. The normalized spacial score (nSPS) is 11.1. The zero-order chi connectivity index (χ0) is 29.1. The van der Waals surface area contributed by atoms with E-state index in [1.165, 1.54) is 5.56 Å². The number of aryl methyl sites for hydroxylation is 2. The zero-order valence-electron chi connectivity index (χ0n) is 24.0. The predicted molar refractivity (Wildman–Crippen MR) is 161 cm³/mol. The number of hydrogen-bond donors (Lipinski definition) is 1. The van der Waals surface area contributed by atoms with Crippen LogP contribution in [-0.2, 0) is 4.74 Å². The van der Waals surface area contributed by atoms with Crippen LogP contribution in [0.5, 0.6) is 0 Å². The van der Waals surface area contributed by atoms with Crippen LogP contribution in [0.1, 0.15) is 74.8 Å². The van der Waals surface area contributed by atoms with Gasteiger partial charge in [-0.1, -0.05) is 30.3 Å². The molecule has 0 fully saturated rings. The van der Waals surface area contributed by atoms with Gasteiger partial charge in [0.2, 0.25) is 0 Å². The number of hydrogen-bond acceptors (Lipinski definition) is 6. The first-order chi connectivity index (χ1) is 19.0. The smallest absolute Gasteiger partial charge is 0.341 e. The molecule has 0 saturated carbocycles. The Morgan fingerprint density at radius 3 is 2.33 bits per heavy atom. The number of para-hydroxylation sites is 1. The number of thiophene rings is 1. The van der Waals surface area contributed by atoms with Crippen molar-refractivity contribution in [3.63, 3.8) is 0 Å². The molecule has 4 aromatic rings. The quantitative estimate of drug-likeness (QED) is 0.232. The molecule has 208 valence electrons. The molecule has 2 aromatic carbocycles. The molecule has 0 aliphatic carbocycles. The van der Waals surface area contributed by atoms with Crippen LogP contribution in [0.2, 0.25) is 0 Å². The lowest BCUT2D eigenvalue weighted by Gasteiger charge is -2.18. The molecule has 4 rings (SSSR count). The molecular weight excluding hydrogens is 522 g/mol. The van der Waals surface area contributed by atoms with Crippen LogP contribution in [0.25, 0.3) is 22.2 Å². The van der Waals surface area contributed by atoms with E-state index in [0.29, 0.717) is 45.7 Å². The summed E-state index contributed by atoms with van der Waals surface area (Å²) in [4.78, 5) is 47.3. The van der Waals surface area contributed by atoms with Crippen molar-refractivity contribution < 1.29 is 19.1 Å². The third-order valence-electron chi connectivity index (χ3n) is 6.93. The van der Waals surface area contributed by atoms with Gasteiger partial charge in [0, 0.05) is 24.0 Å². The second-order valence-electron chi connectivity index (χ2n) is 10.0. The van der Waals surface area contributed by atoms with Gasteiger partial charge in [-0.2, -0.15) is 0 Å². The molecule has 0 aliphatic rings. The van der Waals surface area contributed by atoms with Crippen LogP contribution in [0.4, 0.5) is 5.00 Å². The highest BCUT2D eigenvalue weighted by Gasteiger charge is 2.29. The summed E-state index contributed by atoms with van der Waals surface area (Å²) in [5.41, 5.74) is 5.69. The minimum atomic E-state index is -0.576. The third-order valence-corrected chi connectivity index (χ3v) is 8.12. The number of nitrogens with zero attached hydrogens (tertiary/aromatic N) is 2. The molecule has 0 bridgehead atoms. The standard InChI is InChI=1S/C32H35N3O4S/c1-8-35(9-2)31(37)28-21(7)27(32(38)39-18(3)4)30(40-28)34-29(36)24-17-26(22-15-14-19(5)20(6)16-22)33-25-13-11-10-12-23(24)25/h10-18H,8-9H2,1-7H3,(H,34,36). The summed E-state index contributed by atoms with van der Waals surface area (Å²) in [6.07, 6.45) is -0.359. The maximum atomic E-state index is 13.9. The molecular formula is C32H35N3O4S. The molecule has 0 unspecified atom stereocenters. The van der Waals surface area contributed by atoms with Crippen molar-refractivity contribution in [2.24, 2.45) is 0 Å². The Kier molecular flexibility index (Phi) is 8.69. The summed E-state index contributed by atoms with van der Waals surface area (Å²) in [5, 5.41) is 3.92. The van der Waals surface area contributed by atoms with Gasteiger partial charge in [-0.25, -0.2) is 9.78 Å². The Morgan fingerprint density at radius 1 is 0.975 bits per heavy atom. The van der Waals surface area contributed by atoms with Crippen molar-refractivity contribution in [1.82, 2.24) is 9.88 Å². The van der Waals surface area contributed by atoms with E-state index < -0.39 is 11.9 Å². The Hall–Kier alpha value is -4.04. The summed E-state index contributed by atoms with van der Waals surface area (Å²) in [6.45, 7) is 14.2. The maximum Gasteiger partial charge on any atom is 0.341 e. The second-order valence-corrected chi connectivity index (χ2v) is 11.0. The molecule has 2 aromatic heterocycles. The Labute approximate surface area is 239 Å². The Balaban J connectivity index is 1.82. The average molecular weight is 558 g/mol. The first-order valence-corrected chi connectivity index (χ1v) is 14.3. The summed E-state index contributed by atoms with van der Waals surface area (Å²) in [7, 11) is 0. The molecule has 2 heterocycles. The van der Waals surface area contributed by atoms with Gasteiger partial charge in [0.15, 0.2) is 0 Å². The highest BCUT2D eigenvalue weighted by atomic mass is 32.1. The van der Waals surface area contributed by atoms with Crippen molar-refractivity contribution >= 4 is 45.0 Å². The van der Waals surface area contributed by atoms with Crippen molar-refractivity contribution in [3.05, 3.63) is 81.2 Å². The predicted octanol–water partition coefficient (Wildman–Crippen LogP) is 7.19. The molecule has 0 radical (unpaired) electrons. The fourth-order valence-corrected chi connectivity index (χ4v) is 5.72. The van der Waals surface area contributed by atoms with Gasteiger partial charge in [0.1, 0.15) is 5.00 Å². The summed E-state index contributed by atoms with van der Waals surface area (Å²) in [5.74, 6) is -1.16. The molecule has 0 atom stereocenters. The van der Waals surface area contributed by atoms with Gasteiger partial charge < -0.3 is 15.0 Å². The van der Waals surface area contributed by atoms with Gasteiger partial charge in [-0.15, -0.1) is 11.3 Å². The van der Waals surface area contributed by atoms with Gasteiger partial charge in [-0.05, 0) is 83.4 Å². The lowest BCUT2D eigenvalue weighted by molar-refractivity contribution is 0.0379. The minimum Gasteiger partial charge on any atom is -0.459 e. The number of fused-ring (bicyclic) bond motifs is 1. The lowest BCUT2D eigenvalue weighted by atomic mass is 10.0. The van der Waals surface area contributed by atoms with Crippen LogP contribution < -0.4 is 5.32 Å². The largest absolute Gasteiger partial charge is 0.459 e. The van der Waals surface area contributed by atoms with Gasteiger partial charge in [-0.3, -0.25) is 9.59 Å². The number of benzene rings is 2. The molecule has 0 spiro atoms. The second kappa shape index (κ2) is 12.0. The van der Waals surface area contributed by atoms with E-state index in [0.717, 1.165) is 22.5 Å². The van der Waals surface area contributed by atoms with E-state index >= 15 is 0 Å². The fraction of sp³-hybridized carbons (Fsp3) is 0.312. The molecule has 1 N–H and O–H groups in total. The summed E-state index contributed by atoms with van der Waals surface area (Å²) < 4.78 is 5.50. The van der Waals surface area contributed by atoms with E-state index in [2.05, 4.69) is 18.3 Å². The molecule has 8 heteroatoms. The van der Waals surface area contributed by atoms with Crippen molar-refractivity contribution in [1.29, 1.82) is 0 Å².